The zero-order valence-electron chi connectivity index (χ0n) is 12.7. The summed E-state index contributed by atoms with van der Waals surface area (Å²) in [5.74, 6) is -1.10. The van der Waals surface area contributed by atoms with Crippen LogP contribution in [0.2, 0.25) is 0 Å². The van der Waals surface area contributed by atoms with Crippen molar-refractivity contribution in [1.29, 1.82) is 0 Å². The summed E-state index contributed by atoms with van der Waals surface area (Å²) < 4.78 is 5.09. The third-order valence-corrected chi connectivity index (χ3v) is 3.53. The Labute approximate surface area is 129 Å². The van der Waals surface area contributed by atoms with Gasteiger partial charge in [0.15, 0.2) is 6.10 Å². The molecular formula is C16H20N2O4. The maximum Gasteiger partial charge on any atom is 0.329 e. The van der Waals surface area contributed by atoms with Crippen LogP contribution in [0.1, 0.15) is 30.9 Å². The van der Waals surface area contributed by atoms with Crippen molar-refractivity contribution in [3.05, 3.63) is 35.4 Å². The second-order valence-corrected chi connectivity index (χ2v) is 5.44. The molecule has 1 saturated heterocycles. The van der Waals surface area contributed by atoms with Crippen molar-refractivity contribution in [2.24, 2.45) is 0 Å². The molecule has 0 spiro atoms. The molecule has 0 bridgehead atoms. The lowest BCUT2D eigenvalue weighted by Gasteiger charge is -2.16. The predicted molar refractivity (Wildman–Crippen MR) is 79.7 cm³/mol. The summed E-state index contributed by atoms with van der Waals surface area (Å²) in [6.45, 7) is 3.88. The van der Waals surface area contributed by atoms with Gasteiger partial charge in [-0.05, 0) is 25.8 Å². The molecule has 22 heavy (non-hydrogen) atoms. The molecule has 6 heteroatoms. The van der Waals surface area contributed by atoms with E-state index in [0.29, 0.717) is 19.4 Å². The van der Waals surface area contributed by atoms with E-state index in [-0.39, 0.29) is 11.8 Å². The van der Waals surface area contributed by atoms with Gasteiger partial charge in [0.05, 0.1) is 0 Å². The Hall–Kier alpha value is -2.37. The van der Waals surface area contributed by atoms with Crippen LogP contribution in [-0.2, 0) is 25.7 Å². The number of esters is 1. The molecule has 0 unspecified atom stereocenters. The Morgan fingerprint density at radius 2 is 2.05 bits per heavy atom. The average molecular weight is 304 g/mol. The van der Waals surface area contributed by atoms with Gasteiger partial charge in [0.25, 0.3) is 5.91 Å². The van der Waals surface area contributed by atoms with Crippen LogP contribution in [0, 0.1) is 6.92 Å². The van der Waals surface area contributed by atoms with Gasteiger partial charge in [-0.2, -0.15) is 0 Å². The van der Waals surface area contributed by atoms with Crippen LogP contribution in [0.25, 0.3) is 0 Å². The van der Waals surface area contributed by atoms with Crippen LogP contribution >= 0.6 is 0 Å². The molecule has 0 aromatic heterocycles. The molecular weight excluding hydrogens is 284 g/mol. The fourth-order valence-electron chi connectivity index (χ4n) is 2.14. The molecule has 2 rings (SSSR count). The molecule has 0 aliphatic carbocycles. The van der Waals surface area contributed by atoms with Gasteiger partial charge in [0.1, 0.15) is 6.04 Å². The van der Waals surface area contributed by atoms with Crippen molar-refractivity contribution in [2.75, 3.05) is 0 Å². The first-order valence-corrected chi connectivity index (χ1v) is 7.29. The number of ether oxygens (including phenoxy) is 1. The number of amides is 2. The minimum atomic E-state index is -0.893. The normalized spacial score (nSPS) is 18.5. The third-order valence-electron chi connectivity index (χ3n) is 3.53. The smallest absolute Gasteiger partial charge is 0.329 e. The summed E-state index contributed by atoms with van der Waals surface area (Å²) in [6.07, 6.45) is -0.168. The second kappa shape index (κ2) is 7.06. The number of benzene rings is 1. The monoisotopic (exact) mass is 304 g/mol. The molecule has 2 N–H and O–H groups in total. The highest BCUT2D eigenvalue weighted by Gasteiger charge is 2.30. The first-order chi connectivity index (χ1) is 10.5. The van der Waals surface area contributed by atoms with Crippen LogP contribution in [-0.4, -0.2) is 29.9 Å². The predicted octanol–water partition coefficient (Wildman–Crippen LogP) is 0.822. The van der Waals surface area contributed by atoms with E-state index in [1.807, 2.05) is 31.2 Å². The fraction of sp³-hybridized carbons (Fsp3) is 0.438. The van der Waals surface area contributed by atoms with Gasteiger partial charge in [0, 0.05) is 13.0 Å². The van der Waals surface area contributed by atoms with E-state index in [1.54, 1.807) is 0 Å². The fourth-order valence-corrected chi connectivity index (χ4v) is 2.14. The summed E-state index contributed by atoms with van der Waals surface area (Å²) in [5, 5.41) is 5.24. The molecule has 1 fully saturated rings. The van der Waals surface area contributed by atoms with Crippen molar-refractivity contribution in [1.82, 2.24) is 10.6 Å². The lowest BCUT2D eigenvalue weighted by atomic mass is 10.1. The van der Waals surface area contributed by atoms with E-state index >= 15 is 0 Å². The van der Waals surface area contributed by atoms with Gasteiger partial charge < -0.3 is 15.4 Å². The molecule has 0 radical (unpaired) electrons. The highest BCUT2D eigenvalue weighted by Crippen LogP contribution is 2.09. The zero-order chi connectivity index (χ0) is 16.1. The Balaban J connectivity index is 1.78. The van der Waals surface area contributed by atoms with E-state index in [0.717, 1.165) is 11.1 Å². The summed E-state index contributed by atoms with van der Waals surface area (Å²) in [6, 6.07) is 7.15. The maximum atomic E-state index is 11.9. The van der Waals surface area contributed by atoms with Crippen molar-refractivity contribution in [2.45, 2.75) is 45.4 Å². The lowest BCUT2D eigenvalue weighted by Crippen LogP contribution is -2.41. The molecule has 1 aliphatic heterocycles. The van der Waals surface area contributed by atoms with Crippen LogP contribution in [0.3, 0.4) is 0 Å². The van der Waals surface area contributed by atoms with Gasteiger partial charge >= 0.3 is 5.97 Å². The molecule has 2 amide bonds. The third kappa shape index (κ3) is 4.31. The van der Waals surface area contributed by atoms with E-state index in [9.17, 15) is 14.4 Å². The molecule has 2 atom stereocenters. The van der Waals surface area contributed by atoms with Crippen molar-refractivity contribution in [3.63, 3.8) is 0 Å². The quantitative estimate of drug-likeness (QED) is 0.789. The number of hydrogen-bond acceptors (Lipinski definition) is 4. The highest BCUT2D eigenvalue weighted by molar-refractivity contribution is 5.90. The lowest BCUT2D eigenvalue weighted by molar-refractivity contribution is -0.156. The SMILES string of the molecule is Cc1ccc(CNC(=O)[C@H](C)OC(=O)[C@@H]2CCC(=O)N2)cc1. The molecule has 6 nitrogen and oxygen atoms in total. The van der Waals surface area contributed by atoms with Gasteiger partial charge in [-0.15, -0.1) is 0 Å². The van der Waals surface area contributed by atoms with E-state index in [4.69, 9.17) is 4.74 Å². The summed E-state index contributed by atoms with van der Waals surface area (Å²) >= 11 is 0. The van der Waals surface area contributed by atoms with Gasteiger partial charge in [-0.1, -0.05) is 29.8 Å². The van der Waals surface area contributed by atoms with Crippen LogP contribution in [0.15, 0.2) is 24.3 Å². The molecule has 1 aliphatic rings. The topological polar surface area (TPSA) is 84.5 Å². The molecule has 1 aromatic rings. The molecule has 1 aromatic carbocycles. The van der Waals surface area contributed by atoms with Crippen molar-refractivity contribution in [3.8, 4) is 0 Å². The van der Waals surface area contributed by atoms with Gasteiger partial charge in [-0.3, -0.25) is 9.59 Å². The molecule has 0 saturated carbocycles. The molecule has 1 heterocycles. The summed E-state index contributed by atoms with van der Waals surface area (Å²) in [4.78, 5) is 34.8. The number of carbonyl (C=O) groups is 3. The number of aryl methyl sites for hydroxylation is 1. The number of hydrogen-bond donors (Lipinski definition) is 2. The number of nitrogens with one attached hydrogen (secondary N) is 2. The average Bonchev–Trinajstić information content (AvgIpc) is 2.93. The van der Waals surface area contributed by atoms with Gasteiger partial charge in [-0.25, -0.2) is 4.79 Å². The zero-order valence-corrected chi connectivity index (χ0v) is 12.7. The number of carbonyl (C=O) groups excluding carboxylic acids is 3. The van der Waals surface area contributed by atoms with Crippen LogP contribution in [0.4, 0.5) is 0 Å². The maximum absolute atomic E-state index is 11.9. The first kappa shape index (κ1) is 16.0. The Morgan fingerprint density at radius 1 is 1.36 bits per heavy atom. The standard InChI is InChI=1S/C16H20N2O4/c1-10-3-5-12(6-4-10)9-17-15(20)11(2)22-16(21)13-7-8-14(19)18-13/h3-6,11,13H,7-9H2,1-2H3,(H,17,20)(H,18,19)/t11-,13-/m0/s1. The minimum Gasteiger partial charge on any atom is -0.451 e. The summed E-state index contributed by atoms with van der Waals surface area (Å²) in [5.41, 5.74) is 2.12. The van der Waals surface area contributed by atoms with Crippen molar-refractivity contribution < 1.29 is 19.1 Å². The second-order valence-electron chi connectivity index (χ2n) is 5.44. The highest BCUT2D eigenvalue weighted by atomic mass is 16.5. The van der Waals surface area contributed by atoms with E-state index in [2.05, 4.69) is 10.6 Å². The first-order valence-electron chi connectivity index (χ1n) is 7.29. The van der Waals surface area contributed by atoms with Crippen LogP contribution in [0.5, 0.6) is 0 Å². The number of rotatable bonds is 5. The van der Waals surface area contributed by atoms with Crippen LogP contribution < -0.4 is 10.6 Å². The van der Waals surface area contributed by atoms with Gasteiger partial charge in [0.2, 0.25) is 5.91 Å². The Kier molecular flexibility index (Phi) is 5.14. The largest absolute Gasteiger partial charge is 0.451 e. The van der Waals surface area contributed by atoms with E-state index in [1.165, 1.54) is 6.92 Å². The molecule has 118 valence electrons. The minimum absolute atomic E-state index is 0.168. The Bertz CT molecular complexity index is 568. The van der Waals surface area contributed by atoms with Crippen molar-refractivity contribution >= 4 is 17.8 Å². The van der Waals surface area contributed by atoms with E-state index < -0.39 is 18.1 Å². The Morgan fingerprint density at radius 3 is 2.64 bits per heavy atom. The summed E-state index contributed by atoms with van der Waals surface area (Å²) in [7, 11) is 0.